The highest BCUT2D eigenvalue weighted by atomic mass is 32.2. The van der Waals surface area contributed by atoms with Crippen LogP contribution in [-0.2, 0) is 16.4 Å². The van der Waals surface area contributed by atoms with Gasteiger partial charge in [-0.3, -0.25) is 4.90 Å². The summed E-state index contributed by atoms with van der Waals surface area (Å²) < 4.78 is 27.4. The molecule has 0 amide bonds. The average molecular weight is 339 g/mol. The van der Waals surface area contributed by atoms with Gasteiger partial charge >= 0.3 is 0 Å². The van der Waals surface area contributed by atoms with Crippen LogP contribution in [0.3, 0.4) is 0 Å². The van der Waals surface area contributed by atoms with Crippen molar-refractivity contribution in [2.24, 2.45) is 5.92 Å². The van der Waals surface area contributed by atoms with E-state index in [4.69, 9.17) is 0 Å². The van der Waals surface area contributed by atoms with E-state index in [1.165, 1.54) is 12.8 Å². The van der Waals surface area contributed by atoms with Crippen molar-refractivity contribution in [3.8, 4) is 0 Å². The van der Waals surface area contributed by atoms with Crippen LogP contribution < -0.4 is 4.72 Å². The molecule has 1 aromatic carbocycles. The van der Waals surface area contributed by atoms with Crippen molar-refractivity contribution in [1.82, 2.24) is 9.62 Å². The smallest absolute Gasteiger partial charge is 0.211 e. The Kier molecular flexibility index (Phi) is 7.06. The van der Waals surface area contributed by atoms with E-state index in [1.54, 1.807) is 0 Å². The molecule has 0 aliphatic carbocycles. The highest BCUT2D eigenvalue weighted by Crippen LogP contribution is 2.17. The van der Waals surface area contributed by atoms with Gasteiger partial charge in [0.05, 0.1) is 5.75 Å². The molecule has 1 aliphatic rings. The number of benzene rings is 1. The zero-order valence-corrected chi connectivity index (χ0v) is 15.2. The van der Waals surface area contributed by atoms with Gasteiger partial charge in [0, 0.05) is 12.6 Å². The maximum Gasteiger partial charge on any atom is 0.211 e. The molecule has 5 heteroatoms. The zero-order valence-electron chi connectivity index (χ0n) is 14.4. The molecule has 0 radical (unpaired) electrons. The lowest BCUT2D eigenvalue weighted by Crippen LogP contribution is -2.44. The van der Waals surface area contributed by atoms with Crippen LogP contribution >= 0.6 is 0 Å². The summed E-state index contributed by atoms with van der Waals surface area (Å²) >= 11 is 0. The van der Waals surface area contributed by atoms with Crippen molar-refractivity contribution in [1.29, 1.82) is 0 Å². The van der Waals surface area contributed by atoms with E-state index in [9.17, 15) is 8.42 Å². The van der Waals surface area contributed by atoms with E-state index in [-0.39, 0.29) is 5.75 Å². The van der Waals surface area contributed by atoms with Crippen LogP contribution in [0.1, 0.15) is 38.7 Å². The molecule has 1 fully saturated rings. The molecule has 1 heterocycles. The first-order valence-corrected chi connectivity index (χ1v) is 10.4. The van der Waals surface area contributed by atoms with Gasteiger partial charge in [0.25, 0.3) is 0 Å². The van der Waals surface area contributed by atoms with Crippen LogP contribution in [0.15, 0.2) is 30.3 Å². The van der Waals surface area contributed by atoms with E-state index in [1.807, 2.05) is 30.3 Å². The molecule has 0 saturated carbocycles. The fourth-order valence-electron chi connectivity index (χ4n) is 3.20. The summed E-state index contributed by atoms with van der Waals surface area (Å²) in [4.78, 5) is 2.44. The first kappa shape index (κ1) is 18.4. The Bertz CT molecular complexity index is 552. The highest BCUT2D eigenvalue weighted by Gasteiger charge is 2.24. The van der Waals surface area contributed by atoms with Gasteiger partial charge in [-0.25, -0.2) is 13.1 Å². The zero-order chi connectivity index (χ0) is 16.7. The summed E-state index contributed by atoms with van der Waals surface area (Å²) in [6.45, 7) is 7.14. The molecule has 0 bridgehead atoms. The lowest BCUT2D eigenvalue weighted by molar-refractivity contribution is 0.214. The number of hydrogen-bond acceptors (Lipinski definition) is 3. The molecule has 0 aromatic heterocycles. The number of aryl methyl sites for hydroxylation is 1. The molecule has 130 valence electrons. The lowest BCUT2D eigenvalue weighted by atomic mass is 10.0. The van der Waals surface area contributed by atoms with Gasteiger partial charge in [-0.1, -0.05) is 44.2 Å². The first-order valence-electron chi connectivity index (χ1n) is 8.71. The van der Waals surface area contributed by atoms with Gasteiger partial charge in [-0.05, 0) is 50.3 Å². The third-order valence-corrected chi connectivity index (χ3v) is 5.79. The second-order valence-electron chi connectivity index (χ2n) is 6.93. The van der Waals surface area contributed by atoms with Crippen LogP contribution in [0.4, 0.5) is 0 Å². The summed E-state index contributed by atoms with van der Waals surface area (Å²) in [6, 6.07) is 10.1. The monoisotopic (exact) mass is 338 g/mol. The number of sulfonamides is 1. The fourth-order valence-corrected chi connectivity index (χ4v) is 4.30. The van der Waals surface area contributed by atoms with Crippen molar-refractivity contribution in [2.75, 3.05) is 25.4 Å². The van der Waals surface area contributed by atoms with Gasteiger partial charge < -0.3 is 0 Å². The van der Waals surface area contributed by atoms with E-state index >= 15 is 0 Å². The summed E-state index contributed by atoms with van der Waals surface area (Å²) in [6.07, 6.45) is 4.07. The fraction of sp³-hybridized carbons (Fsp3) is 0.667. The SMILES string of the molecule is CC(C)CC(CNS(=O)(=O)CCc1ccccc1)N1CCCC1. The third kappa shape index (κ3) is 6.61. The molecule has 2 rings (SSSR count). The van der Waals surface area contributed by atoms with Crippen LogP contribution in [0.2, 0.25) is 0 Å². The van der Waals surface area contributed by atoms with Crippen molar-refractivity contribution in [3.05, 3.63) is 35.9 Å². The molecule has 0 spiro atoms. The first-order chi connectivity index (χ1) is 11.0. The minimum Gasteiger partial charge on any atom is -0.299 e. The van der Waals surface area contributed by atoms with Crippen LogP contribution in [0.25, 0.3) is 0 Å². The van der Waals surface area contributed by atoms with E-state index < -0.39 is 10.0 Å². The molecular weight excluding hydrogens is 308 g/mol. The van der Waals surface area contributed by atoms with Crippen molar-refractivity contribution in [2.45, 2.75) is 45.6 Å². The molecule has 1 unspecified atom stereocenters. The number of nitrogens with zero attached hydrogens (tertiary/aromatic N) is 1. The Balaban J connectivity index is 1.85. The normalized spacial score (nSPS) is 17.7. The topological polar surface area (TPSA) is 49.4 Å². The second kappa shape index (κ2) is 8.81. The minimum atomic E-state index is -3.22. The Morgan fingerprint density at radius 1 is 1.13 bits per heavy atom. The van der Waals surface area contributed by atoms with Crippen LogP contribution in [0, 0.1) is 5.92 Å². The molecule has 1 saturated heterocycles. The maximum absolute atomic E-state index is 12.3. The van der Waals surface area contributed by atoms with Gasteiger partial charge in [-0.15, -0.1) is 0 Å². The molecule has 1 atom stereocenters. The second-order valence-corrected chi connectivity index (χ2v) is 8.86. The Hall–Kier alpha value is -0.910. The van der Waals surface area contributed by atoms with Gasteiger partial charge in [0.15, 0.2) is 0 Å². The third-order valence-electron chi connectivity index (χ3n) is 4.44. The van der Waals surface area contributed by atoms with Crippen molar-refractivity contribution >= 4 is 10.0 Å². The minimum absolute atomic E-state index is 0.158. The highest BCUT2D eigenvalue weighted by molar-refractivity contribution is 7.89. The molecule has 1 aliphatic heterocycles. The van der Waals surface area contributed by atoms with Gasteiger partial charge in [0.2, 0.25) is 10.0 Å². The quantitative estimate of drug-likeness (QED) is 0.753. The number of hydrogen-bond donors (Lipinski definition) is 1. The van der Waals surface area contributed by atoms with E-state index in [0.29, 0.717) is 24.9 Å². The van der Waals surface area contributed by atoms with Gasteiger partial charge in [-0.2, -0.15) is 0 Å². The maximum atomic E-state index is 12.3. The standard InChI is InChI=1S/C18H30N2O2S/c1-16(2)14-18(20-11-6-7-12-20)15-19-23(21,22)13-10-17-8-4-3-5-9-17/h3-5,8-9,16,18-19H,6-7,10-15H2,1-2H3. The van der Waals surface area contributed by atoms with Crippen molar-refractivity contribution in [3.63, 3.8) is 0 Å². The van der Waals surface area contributed by atoms with Crippen LogP contribution in [-0.4, -0.2) is 44.7 Å². The Labute approximate surface area is 141 Å². The summed E-state index contributed by atoms with van der Waals surface area (Å²) in [5, 5.41) is 0. The number of nitrogens with one attached hydrogen (secondary N) is 1. The van der Waals surface area contributed by atoms with E-state index in [0.717, 1.165) is 25.1 Å². The Morgan fingerprint density at radius 2 is 1.78 bits per heavy atom. The Morgan fingerprint density at radius 3 is 2.39 bits per heavy atom. The predicted molar refractivity (Wildman–Crippen MR) is 96.0 cm³/mol. The molecule has 23 heavy (non-hydrogen) atoms. The van der Waals surface area contributed by atoms with Crippen molar-refractivity contribution < 1.29 is 8.42 Å². The summed E-state index contributed by atoms with van der Waals surface area (Å²) in [7, 11) is -3.22. The lowest BCUT2D eigenvalue weighted by Gasteiger charge is -2.29. The summed E-state index contributed by atoms with van der Waals surface area (Å²) in [5.41, 5.74) is 1.07. The average Bonchev–Trinajstić information content (AvgIpc) is 3.05. The van der Waals surface area contributed by atoms with E-state index in [2.05, 4.69) is 23.5 Å². The van der Waals surface area contributed by atoms with Crippen LogP contribution in [0.5, 0.6) is 0 Å². The number of rotatable bonds is 9. The predicted octanol–water partition coefficient (Wildman–Crippen LogP) is 2.66. The molecule has 4 nitrogen and oxygen atoms in total. The molecule has 1 N–H and O–H groups in total. The number of likely N-dealkylation sites (tertiary alicyclic amines) is 1. The summed E-state index contributed by atoms with van der Waals surface area (Å²) in [5.74, 6) is 0.736. The molecule has 1 aromatic rings. The van der Waals surface area contributed by atoms with Gasteiger partial charge in [0.1, 0.15) is 0 Å². The molecular formula is C18H30N2O2S. The largest absolute Gasteiger partial charge is 0.299 e.